The van der Waals surface area contributed by atoms with E-state index in [-0.39, 0.29) is 11.7 Å². The number of aromatic nitrogens is 5. The number of hydrogen-bond donors (Lipinski definition) is 1. The van der Waals surface area contributed by atoms with Gasteiger partial charge < -0.3 is 14.6 Å². The van der Waals surface area contributed by atoms with Crippen LogP contribution in [-0.2, 0) is 24.3 Å². The lowest BCUT2D eigenvalue weighted by atomic mass is 10.0. The van der Waals surface area contributed by atoms with Crippen LogP contribution < -0.4 is 5.32 Å². The number of aryl methyl sites for hydroxylation is 1. The van der Waals surface area contributed by atoms with Crippen molar-refractivity contribution < 1.29 is 9.26 Å². The van der Waals surface area contributed by atoms with Gasteiger partial charge in [-0.15, -0.1) is 17.4 Å². The Morgan fingerprint density at radius 2 is 2.28 bits per heavy atom. The first-order valence-electron chi connectivity index (χ1n) is 9.67. The predicted octanol–water partition coefficient (Wildman–Crippen LogP) is 1.74. The van der Waals surface area contributed by atoms with E-state index < -0.39 is 0 Å². The van der Waals surface area contributed by atoms with Gasteiger partial charge in [-0.2, -0.15) is 22.0 Å². The van der Waals surface area contributed by atoms with E-state index in [0.717, 1.165) is 48.6 Å². The van der Waals surface area contributed by atoms with Crippen molar-refractivity contribution in [2.24, 2.45) is 10.2 Å². The quantitative estimate of drug-likeness (QED) is 0.551. The summed E-state index contributed by atoms with van der Waals surface area (Å²) < 4.78 is 13.0. The van der Waals surface area contributed by atoms with Crippen LogP contribution in [0.3, 0.4) is 0 Å². The molecule has 2 aliphatic heterocycles. The largest absolute Gasteiger partial charge is 0.376 e. The van der Waals surface area contributed by atoms with Gasteiger partial charge in [-0.1, -0.05) is 5.16 Å². The zero-order valence-corrected chi connectivity index (χ0v) is 17.2. The molecule has 1 N–H and O–H groups in total. The molecule has 10 nitrogen and oxygen atoms in total. The first-order chi connectivity index (χ1) is 14.3. The molecule has 0 bridgehead atoms. The van der Waals surface area contributed by atoms with Crippen molar-refractivity contribution in [2.75, 3.05) is 25.2 Å². The van der Waals surface area contributed by atoms with Gasteiger partial charge in [0.15, 0.2) is 11.5 Å². The van der Waals surface area contributed by atoms with Crippen LogP contribution in [0, 0.1) is 12.3 Å². The first-order valence-corrected chi connectivity index (χ1v) is 11.1. The molecule has 0 saturated carbocycles. The smallest absolute Gasteiger partial charge is 0.193 e. The van der Waals surface area contributed by atoms with E-state index in [1.54, 1.807) is 11.8 Å². The fourth-order valence-electron chi connectivity index (χ4n) is 3.42. The number of rotatable bonds is 11. The van der Waals surface area contributed by atoms with E-state index in [2.05, 4.69) is 48.4 Å². The minimum atomic E-state index is -0.346. The SMILES string of the molecule is C#CCCC1(CCNC(c2noc3c2COCC3)c2nnnn2CCSC)N=N1. The Morgan fingerprint density at radius 1 is 1.38 bits per heavy atom. The lowest BCUT2D eigenvalue weighted by Crippen LogP contribution is -2.31. The fourth-order valence-corrected chi connectivity index (χ4v) is 3.78. The molecular weight excluding hydrogens is 392 g/mol. The maximum Gasteiger partial charge on any atom is 0.193 e. The Balaban J connectivity index is 1.53. The third kappa shape index (κ3) is 4.49. The highest BCUT2D eigenvalue weighted by Gasteiger charge is 2.39. The molecule has 4 rings (SSSR count). The van der Waals surface area contributed by atoms with Crippen molar-refractivity contribution in [1.29, 1.82) is 0 Å². The molecule has 11 heteroatoms. The van der Waals surface area contributed by atoms with Crippen LogP contribution in [-0.4, -0.2) is 56.2 Å². The summed E-state index contributed by atoms with van der Waals surface area (Å²) >= 11 is 1.75. The lowest BCUT2D eigenvalue weighted by molar-refractivity contribution is 0.102. The molecule has 1 atom stereocenters. The standard InChI is InChI=1S/C18H24N8O2S/c1-3-4-6-18(22-23-18)7-8-19-16(17-20-24-25-26(17)9-11-29-2)15-13-12-27-10-5-14(13)28-21-15/h1,16,19H,4-12H2,2H3. The molecule has 0 saturated heterocycles. The second kappa shape index (κ2) is 9.02. The summed E-state index contributed by atoms with van der Waals surface area (Å²) in [5, 5.41) is 28.7. The summed E-state index contributed by atoms with van der Waals surface area (Å²) in [5.74, 6) is 5.16. The molecule has 0 radical (unpaired) electrons. The molecular formula is C18H24N8O2S. The average molecular weight is 417 g/mol. The summed E-state index contributed by atoms with van der Waals surface area (Å²) in [5.41, 5.74) is 1.42. The van der Waals surface area contributed by atoms with Gasteiger partial charge in [0.25, 0.3) is 0 Å². The van der Waals surface area contributed by atoms with E-state index >= 15 is 0 Å². The van der Waals surface area contributed by atoms with Crippen LogP contribution in [0.1, 0.15) is 48.1 Å². The number of thioether (sulfide) groups is 1. The molecule has 29 heavy (non-hydrogen) atoms. The van der Waals surface area contributed by atoms with Crippen molar-refractivity contribution >= 4 is 11.8 Å². The number of nitrogens with zero attached hydrogens (tertiary/aromatic N) is 7. The highest BCUT2D eigenvalue weighted by atomic mass is 32.2. The van der Waals surface area contributed by atoms with Gasteiger partial charge >= 0.3 is 0 Å². The molecule has 2 aliphatic rings. The summed E-state index contributed by atoms with van der Waals surface area (Å²) in [6.07, 6.45) is 10.4. The van der Waals surface area contributed by atoms with E-state index in [1.807, 2.05) is 4.68 Å². The maximum atomic E-state index is 5.63. The molecule has 0 aromatic carbocycles. The van der Waals surface area contributed by atoms with Gasteiger partial charge in [-0.25, -0.2) is 4.68 Å². The molecule has 2 aromatic rings. The Kier molecular flexibility index (Phi) is 6.22. The average Bonchev–Trinajstić information content (AvgIpc) is 3.16. The van der Waals surface area contributed by atoms with Crippen LogP contribution in [0.15, 0.2) is 14.8 Å². The number of fused-ring (bicyclic) bond motifs is 1. The molecule has 4 heterocycles. The first kappa shape index (κ1) is 20.0. The topological polar surface area (TPSA) is 116 Å². The van der Waals surface area contributed by atoms with Crippen LogP contribution in [0.5, 0.6) is 0 Å². The molecule has 0 aliphatic carbocycles. The minimum absolute atomic E-state index is 0.301. The van der Waals surface area contributed by atoms with Gasteiger partial charge in [0.1, 0.15) is 17.5 Å². The lowest BCUT2D eigenvalue weighted by Gasteiger charge is -2.19. The molecule has 1 unspecified atom stereocenters. The summed E-state index contributed by atoms with van der Waals surface area (Å²) in [6, 6.07) is -0.301. The summed E-state index contributed by atoms with van der Waals surface area (Å²) in [7, 11) is 0. The van der Waals surface area contributed by atoms with E-state index in [1.165, 1.54) is 0 Å². The highest BCUT2D eigenvalue weighted by molar-refractivity contribution is 7.98. The van der Waals surface area contributed by atoms with Gasteiger partial charge in [-0.05, 0) is 16.7 Å². The Bertz CT molecular complexity index is 896. The molecule has 0 fully saturated rings. The van der Waals surface area contributed by atoms with Crippen LogP contribution >= 0.6 is 11.8 Å². The second-order valence-electron chi connectivity index (χ2n) is 7.05. The van der Waals surface area contributed by atoms with Gasteiger partial charge in [0.05, 0.1) is 19.8 Å². The summed E-state index contributed by atoms with van der Waals surface area (Å²) in [6.45, 7) is 2.51. The van der Waals surface area contributed by atoms with Crippen molar-refractivity contribution in [1.82, 2.24) is 30.7 Å². The Morgan fingerprint density at radius 3 is 3.07 bits per heavy atom. The number of hydrogen-bond acceptors (Lipinski definition) is 10. The van der Waals surface area contributed by atoms with E-state index in [0.29, 0.717) is 32.0 Å². The van der Waals surface area contributed by atoms with Crippen molar-refractivity contribution in [3.8, 4) is 12.3 Å². The number of nitrogens with one attached hydrogen (secondary N) is 1. The van der Waals surface area contributed by atoms with Crippen molar-refractivity contribution in [3.63, 3.8) is 0 Å². The van der Waals surface area contributed by atoms with Gasteiger partial charge in [-0.3, -0.25) is 0 Å². The van der Waals surface area contributed by atoms with E-state index in [4.69, 9.17) is 15.7 Å². The van der Waals surface area contributed by atoms with Crippen LogP contribution in [0.4, 0.5) is 0 Å². The van der Waals surface area contributed by atoms with Gasteiger partial charge in [0.2, 0.25) is 0 Å². The van der Waals surface area contributed by atoms with Gasteiger partial charge in [0, 0.05) is 43.5 Å². The highest BCUT2D eigenvalue weighted by Crippen LogP contribution is 2.36. The van der Waals surface area contributed by atoms with Crippen molar-refractivity contribution in [3.05, 3.63) is 22.8 Å². The Hall–Kier alpha value is -2.29. The zero-order chi connectivity index (χ0) is 20.1. The van der Waals surface area contributed by atoms with Crippen LogP contribution in [0.2, 0.25) is 0 Å². The molecule has 2 aromatic heterocycles. The second-order valence-corrected chi connectivity index (χ2v) is 8.03. The Labute approximate surface area is 173 Å². The molecule has 154 valence electrons. The predicted molar refractivity (Wildman–Crippen MR) is 106 cm³/mol. The normalized spacial score (nSPS) is 17.7. The molecule has 0 spiro atoms. The number of terminal acetylenes is 1. The third-order valence-corrected chi connectivity index (χ3v) is 5.74. The van der Waals surface area contributed by atoms with Crippen LogP contribution in [0.25, 0.3) is 0 Å². The third-order valence-electron chi connectivity index (χ3n) is 5.14. The minimum Gasteiger partial charge on any atom is -0.376 e. The molecule has 0 amide bonds. The van der Waals surface area contributed by atoms with E-state index in [9.17, 15) is 0 Å². The van der Waals surface area contributed by atoms with Crippen molar-refractivity contribution in [2.45, 2.75) is 50.5 Å². The maximum absolute atomic E-state index is 5.63. The monoisotopic (exact) mass is 416 g/mol. The number of tetrazole rings is 1. The number of ether oxygens (including phenoxy) is 1. The fraction of sp³-hybridized carbons (Fsp3) is 0.667. The summed E-state index contributed by atoms with van der Waals surface area (Å²) in [4.78, 5) is 0. The zero-order valence-electron chi connectivity index (χ0n) is 16.4.